The van der Waals surface area contributed by atoms with Crippen LogP contribution in [0.5, 0.6) is 0 Å². The molecule has 0 radical (unpaired) electrons. The minimum absolute atomic E-state index is 0.147. The Hall–Kier alpha value is -3.15. The molecule has 3 aromatic rings. The number of hydrogen-bond acceptors (Lipinski definition) is 2. The maximum atomic E-state index is 13.6. The van der Waals surface area contributed by atoms with Crippen molar-refractivity contribution in [3.05, 3.63) is 101 Å². The highest BCUT2D eigenvalue weighted by molar-refractivity contribution is 6.03. The van der Waals surface area contributed by atoms with Crippen LogP contribution in [0.25, 0.3) is 0 Å². The first-order valence-electron chi connectivity index (χ1n) is 8.77. The molecule has 0 fully saturated rings. The molecule has 1 heterocycles. The van der Waals surface area contributed by atoms with E-state index in [1.54, 1.807) is 11.1 Å². The molecule has 0 spiro atoms. The highest BCUT2D eigenvalue weighted by Crippen LogP contribution is 2.42. The van der Waals surface area contributed by atoms with E-state index in [1.807, 2.05) is 30.3 Å². The number of anilines is 1. The highest BCUT2D eigenvalue weighted by atomic mass is 19.4. The topological polar surface area (TPSA) is 15.6 Å². The van der Waals surface area contributed by atoms with Crippen LogP contribution in [0.1, 0.15) is 29.2 Å². The summed E-state index contributed by atoms with van der Waals surface area (Å²) in [5.41, 5.74) is 1.54. The molecular weight excluding hydrogens is 368 g/mol. The Morgan fingerprint density at radius 3 is 2.14 bits per heavy atom. The minimum atomic E-state index is -4.47. The van der Waals surface area contributed by atoms with Crippen LogP contribution in [0.15, 0.2) is 84.0 Å². The molecule has 3 aromatic carbocycles. The Bertz CT molecular complexity index is 995. The highest BCUT2D eigenvalue weighted by Gasteiger charge is 2.39. The lowest BCUT2D eigenvalue weighted by atomic mass is 9.94. The lowest BCUT2D eigenvalue weighted by molar-refractivity contribution is -0.138. The van der Waals surface area contributed by atoms with Gasteiger partial charge in [0.1, 0.15) is 5.82 Å². The average Bonchev–Trinajstić information content (AvgIpc) is 3.14. The first-order valence-corrected chi connectivity index (χ1v) is 8.77. The van der Waals surface area contributed by atoms with Crippen molar-refractivity contribution >= 4 is 11.4 Å². The van der Waals surface area contributed by atoms with Gasteiger partial charge in [0, 0.05) is 6.42 Å². The molecule has 1 atom stereocenters. The molecule has 4 rings (SSSR count). The van der Waals surface area contributed by atoms with Gasteiger partial charge in [0.25, 0.3) is 0 Å². The van der Waals surface area contributed by atoms with Gasteiger partial charge < -0.3 is 0 Å². The molecule has 0 N–H and O–H groups in total. The number of hydrogen-bond donors (Lipinski definition) is 0. The summed E-state index contributed by atoms with van der Waals surface area (Å²) in [7, 11) is 0. The maximum absolute atomic E-state index is 13.6. The van der Waals surface area contributed by atoms with Crippen LogP contribution in [0.4, 0.5) is 23.2 Å². The molecule has 0 amide bonds. The van der Waals surface area contributed by atoms with Crippen molar-refractivity contribution in [3.63, 3.8) is 0 Å². The zero-order chi connectivity index (χ0) is 19.7. The molecular formula is C22H16F4N2. The van der Waals surface area contributed by atoms with Gasteiger partial charge in [-0.25, -0.2) is 4.39 Å². The van der Waals surface area contributed by atoms with Crippen molar-refractivity contribution in [3.8, 4) is 0 Å². The molecule has 1 aliphatic heterocycles. The fourth-order valence-electron chi connectivity index (χ4n) is 3.44. The van der Waals surface area contributed by atoms with Crippen LogP contribution in [-0.2, 0) is 6.18 Å². The first-order chi connectivity index (χ1) is 13.4. The Morgan fingerprint density at radius 2 is 1.46 bits per heavy atom. The van der Waals surface area contributed by atoms with Gasteiger partial charge in [0.15, 0.2) is 0 Å². The molecule has 0 unspecified atom stereocenters. The normalized spacial score (nSPS) is 16.9. The van der Waals surface area contributed by atoms with E-state index in [1.165, 1.54) is 36.4 Å². The summed E-state index contributed by atoms with van der Waals surface area (Å²) >= 11 is 0. The van der Waals surface area contributed by atoms with Crippen molar-refractivity contribution < 1.29 is 17.6 Å². The summed E-state index contributed by atoms with van der Waals surface area (Å²) in [6.07, 6.45) is -4.16. The van der Waals surface area contributed by atoms with Crippen LogP contribution in [0, 0.1) is 5.82 Å². The van der Waals surface area contributed by atoms with Gasteiger partial charge in [-0.2, -0.15) is 18.3 Å². The summed E-state index contributed by atoms with van der Waals surface area (Å²) in [5.74, 6) is -0.414. The molecule has 28 heavy (non-hydrogen) atoms. The predicted molar refractivity (Wildman–Crippen MR) is 101 cm³/mol. The molecule has 6 heteroatoms. The Kier molecular flexibility index (Phi) is 4.63. The molecule has 0 aromatic heterocycles. The van der Waals surface area contributed by atoms with E-state index in [0.29, 0.717) is 17.8 Å². The van der Waals surface area contributed by atoms with Crippen LogP contribution in [-0.4, -0.2) is 5.71 Å². The lowest BCUT2D eigenvalue weighted by Crippen LogP contribution is -2.22. The van der Waals surface area contributed by atoms with E-state index < -0.39 is 23.6 Å². The minimum Gasteiger partial charge on any atom is -0.257 e. The van der Waals surface area contributed by atoms with Gasteiger partial charge in [-0.05, 0) is 41.5 Å². The smallest absolute Gasteiger partial charge is 0.257 e. The number of alkyl halides is 3. The monoisotopic (exact) mass is 384 g/mol. The zero-order valence-electron chi connectivity index (χ0n) is 14.7. The third kappa shape index (κ3) is 3.50. The van der Waals surface area contributed by atoms with Gasteiger partial charge in [0.05, 0.1) is 23.0 Å². The first kappa shape index (κ1) is 18.2. The summed E-state index contributed by atoms with van der Waals surface area (Å²) in [6.45, 7) is 0. The lowest BCUT2D eigenvalue weighted by Gasteiger charge is -2.26. The number of benzene rings is 3. The van der Waals surface area contributed by atoms with Crippen molar-refractivity contribution in [2.75, 3.05) is 5.01 Å². The van der Waals surface area contributed by atoms with Crippen molar-refractivity contribution in [1.29, 1.82) is 0 Å². The van der Waals surface area contributed by atoms with E-state index in [9.17, 15) is 17.6 Å². The van der Waals surface area contributed by atoms with Crippen molar-refractivity contribution in [1.82, 2.24) is 0 Å². The van der Waals surface area contributed by atoms with E-state index in [-0.39, 0.29) is 5.56 Å². The quantitative estimate of drug-likeness (QED) is 0.491. The molecule has 1 aliphatic rings. The van der Waals surface area contributed by atoms with Crippen LogP contribution in [0.2, 0.25) is 0 Å². The number of hydrazone groups is 1. The van der Waals surface area contributed by atoms with Gasteiger partial charge in [0.2, 0.25) is 0 Å². The van der Waals surface area contributed by atoms with Crippen LogP contribution in [0.3, 0.4) is 0 Å². The average molecular weight is 384 g/mol. The zero-order valence-corrected chi connectivity index (χ0v) is 14.7. The second kappa shape index (κ2) is 7.11. The fraction of sp³-hybridized carbons (Fsp3) is 0.136. The molecule has 142 valence electrons. The van der Waals surface area contributed by atoms with E-state index in [2.05, 4.69) is 5.10 Å². The van der Waals surface area contributed by atoms with Crippen LogP contribution >= 0.6 is 0 Å². The maximum Gasteiger partial charge on any atom is 0.416 e. The third-order valence-electron chi connectivity index (χ3n) is 4.73. The Balaban J connectivity index is 1.81. The second-order valence-corrected chi connectivity index (χ2v) is 6.54. The van der Waals surface area contributed by atoms with Gasteiger partial charge in [-0.3, -0.25) is 5.01 Å². The predicted octanol–water partition coefficient (Wildman–Crippen LogP) is 6.20. The van der Waals surface area contributed by atoms with Gasteiger partial charge in [-0.1, -0.05) is 48.5 Å². The Morgan fingerprint density at radius 1 is 0.821 bits per heavy atom. The summed E-state index contributed by atoms with van der Waals surface area (Å²) < 4.78 is 54.1. The molecule has 0 saturated carbocycles. The standard InChI is InChI=1S/C22H16F4N2/c23-16-10-12-17(13-11-16)28-21(14-20(27-28)15-6-2-1-3-7-15)18-8-4-5-9-19(18)22(24,25)26/h1-13,21H,14H2/t21-/m1/s1. The third-order valence-corrected chi connectivity index (χ3v) is 4.73. The van der Waals surface area contributed by atoms with E-state index in [0.717, 1.165) is 11.6 Å². The number of halogens is 4. The van der Waals surface area contributed by atoms with Crippen LogP contribution < -0.4 is 5.01 Å². The van der Waals surface area contributed by atoms with E-state index >= 15 is 0 Å². The Labute approximate surface area is 159 Å². The SMILES string of the molecule is Fc1ccc(N2N=C(c3ccccc3)C[C@@H]2c2ccccc2C(F)(F)F)cc1. The summed E-state index contributed by atoms with van der Waals surface area (Å²) in [4.78, 5) is 0. The van der Waals surface area contributed by atoms with Crippen molar-refractivity contribution in [2.45, 2.75) is 18.6 Å². The van der Waals surface area contributed by atoms with Crippen molar-refractivity contribution in [2.24, 2.45) is 5.10 Å². The summed E-state index contributed by atoms with van der Waals surface area (Å²) in [5, 5.41) is 6.15. The second-order valence-electron chi connectivity index (χ2n) is 6.54. The summed E-state index contributed by atoms with van der Waals surface area (Å²) in [6, 6.07) is 19.8. The molecule has 0 bridgehead atoms. The molecule has 0 saturated heterocycles. The van der Waals surface area contributed by atoms with Gasteiger partial charge >= 0.3 is 6.18 Å². The largest absolute Gasteiger partial charge is 0.416 e. The molecule has 2 nitrogen and oxygen atoms in total. The van der Waals surface area contributed by atoms with E-state index in [4.69, 9.17) is 0 Å². The molecule has 0 aliphatic carbocycles. The number of nitrogens with zero attached hydrogens (tertiary/aromatic N) is 2. The van der Waals surface area contributed by atoms with Gasteiger partial charge in [-0.15, -0.1) is 0 Å². The fourth-order valence-corrected chi connectivity index (χ4v) is 3.44. The number of rotatable bonds is 3.